The molecule has 0 saturated heterocycles. The van der Waals surface area contributed by atoms with Crippen molar-refractivity contribution in [3.63, 3.8) is 0 Å². The molecule has 0 aromatic heterocycles. The Bertz CT molecular complexity index is 1850. The Morgan fingerprint density at radius 1 is 0.333 bits per heavy atom. The fraction of sp³-hybridized carbons (Fsp3) is 0.774. The Kier molecular flexibility index (Phi) is 71.0. The van der Waals surface area contributed by atoms with E-state index in [-0.39, 0.29) is 38.2 Å². The minimum atomic E-state index is -1.51. The number of rotatable bonds is 73. The van der Waals surface area contributed by atoms with Crippen molar-refractivity contribution in [2.75, 3.05) is 47.5 Å². The summed E-state index contributed by atoms with van der Waals surface area (Å²) in [7, 11) is 5.99. The molecule has 9 heteroatoms. The van der Waals surface area contributed by atoms with E-state index in [1.807, 2.05) is 21.1 Å². The first-order valence-corrected chi connectivity index (χ1v) is 39.4. The van der Waals surface area contributed by atoms with Crippen LogP contribution >= 0.6 is 0 Å². The number of esters is 2. The van der Waals surface area contributed by atoms with Crippen molar-refractivity contribution in [1.29, 1.82) is 0 Å². The number of carboxylic acid groups (broad SMARTS) is 1. The van der Waals surface area contributed by atoms with Gasteiger partial charge in [-0.1, -0.05) is 349 Å². The Labute approximate surface area is 575 Å². The van der Waals surface area contributed by atoms with Crippen molar-refractivity contribution in [3.8, 4) is 0 Å². The average Bonchev–Trinajstić information content (AvgIpc) is 3.38. The fourth-order valence-corrected chi connectivity index (χ4v) is 11.3. The Hall–Kier alpha value is -3.79. The van der Waals surface area contributed by atoms with Crippen LogP contribution in [0.3, 0.4) is 0 Å². The minimum Gasteiger partial charge on any atom is -0.477 e. The van der Waals surface area contributed by atoms with Crippen LogP contribution < -0.4 is 0 Å². The summed E-state index contributed by atoms with van der Waals surface area (Å²) in [5.74, 6) is -1.98. The topological polar surface area (TPSA) is 108 Å². The quantitative estimate of drug-likeness (QED) is 0.0211. The van der Waals surface area contributed by atoms with Gasteiger partial charge in [0, 0.05) is 12.8 Å². The van der Waals surface area contributed by atoms with Crippen LogP contribution in [-0.2, 0) is 33.3 Å². The molecule has 0 amide bonds. The molecule has 93 heavy (non-hydrogen) atoms. The molecular formula is C84H150NO8+. The molecule has 2 unspecified atom stereocenters. The largest absolute Gasteiger partial charge is 0.477 e. The van der Waals surface area contributed by atoms with E-state index in [0.29, 0.717) is 17.4 Å². The number of likely N-dealkylation sites (N-methyl/N-ethyl adjacent to an activating group) is 1. The lowest BCUT2D eigenvalue weighted by molar-refractivity contribution is -0.870. The first kappa shape index (κ1) is 89.2. The van der Waals surface area contributed by atoms with E-state index in [2.05, 4.69) is 111 Å². The maximum absolute atomic E-state index is 13.0. The van der Waals surface area contributed by atoms with Crippen LogP contribution in [-0.4, -0.2) is 87.4 Å². The summed E-state index contributed by atoms with van der Waals surface area (Å²) in [6.45, 7) is 4.81. The van der Waals surface area contributed by atoms with Crippen molar-refractivity contribution in [2.24, 2.45) is 0 Å². The number of nitrogens with zero attached hydrogens (tertiary/aromatic N) is 1. The second-order valence-electron chi connectivity index (χ2n) is 27.6. The van der Waals surface area contributed by atoms with Gasteiger partial charge in [-0.2, -0.15) is 0 Å². The van der Waals surface area contributed by atoms with Gasteiger partial charge in [0.1, 0.15) is 13.2 Å². The monoisotopic (exact) mass is 1300 g/mol. The lowest BCUT2D eigenvalue weighted by Crippen LogP contribution is -2.40. The van der Waals surface area contributed by atoms with Crippen LogP contribution in [0.4, 0.5) is 0 Å². The normalized spacial score (nSPS) is 13.2. The van der Waals surface area contributed by atoms with Gasteiger partial charge < -0.3 is 28.5 Å². The summed E-state index contributed by atoms with van der Waals surface area (Å²) in [5.41, 5.74) is 0. The van der Waals surface area contributed by atoms with E-state index in [0.717, 1.165) is 83.5 Å². The highest BCUT2D eigenvalue weighted by molar-refractivity contribution is 5.71. The number of carboxylic acids is 1. The summed E-state index contributed by atoms with van der Waals surface area (Å²) < 4.78 is 23.0. The van der Waals surface area contributed by atoms with Gasteiger partial charge in [-0.25, -0.2) is 4.79 Å². The van der Waals surface area contributed by atoms with Crippen LogP contribution in [0.15, 0.2) is 97.2 Å². The highest BCUT2D eigenvalue weighted by atomic mass is 16.7. The van der Waals surface area contributed by atoms with Gasteiger partial charge in [0.25, 0.3) is 6.29 Å². The highest BCUT2D eigenvalue weighted by Crippen LogP contribution is 2.19. The number of hydrogen-bond donors (Lipinski definition) is 1. The third-order valence-corrected chi connectivity index (χ3v) is 17.3. The van der Waals surface area contributed by atoms with Gasteiger partial charge in [0.2, 0.25) is 0 Å². The molecule has 9 nitrogen and oxygen atoms in total. The molecule has 538 valence electrons. The van der Waals surface area contributed by atoms with Crippen molar-refractivity contribution in [3.05, 3.63) is 97.2 Å². The minimum absolute atomic E-state index is 0.180. The molecule has 0 aliphatic heterocycles. The summed E-state index contributed by atoms with van der Waals surface area (Å²) in [6.07, 6.45) is 99.8. The van der Waals surface area contributed by atoms with E-state index in [1.54, 1.807) is 0 Å². The number of ether oxygens (including phenoxy) is 4. The van der Waals surface area contributed by atoms with Crippen LogP contribution in [0.5, 0.6) is 0 Å². The van der Waals surface area contributed by atoms with Gasteiger partial charge in [-0.15, -0.1) is 0 Å². The number of carbonyl (C=O) groups excluding carboxylic acids is 2. The van der Waals surface area contributed by atoms with E-state index in [9.17, 15) is 19.5 Å². The third-order valence-electron chi connectivity index (χ3n) is 17.3. The Balaban J connectivity index is 4.00. The number of unbranched alkanes of at least 4 members (excludes halogenated alkanes) is 42. The molecule has 0 rings (SSSR count). The first-order chi connectivity index (χ1) is 45.6. The zero-order chi connectivity index (χ0) is 67.5. The molecule has 0 fully saturated rings. The van der Waals surface area contributed by atoms with Crippen molar-refractivity contribution < 1.29 is 42.9 Å². The van der Waals surface area contributed by atoms with Crippen molar-refractivity contribution >= 4 is 17.9 Å². The standard InChI is InChI=1S/C84H149NO8/c1-6-8-10-12-14-16-18-20-22-24-26-28-30-32-34-35-36-37-38-39-40-41-42-43-44-45-46-47-49-51-53-55-57-59-61-63-65-67-69-71-73-75-82(87)93-80(79-92-84(83(88)89)90-77-76-85(3,4)5)78-91-81(86)74-72-70-68-66-64-62-60-58-56-54-52-50-48-33-31-29-27-25-23-21-19-17-15-13-11-9-7-2/h8,10,14,16,20,22,25-28,32,34,36-37,39-40,80,84H,6-7,9,11-13,15,17-19,21,23-24,29-31,33,35,38,41-79H2,1-5H3/p+1/b10-8-,16-14-,22-20-,27-25-,28-26-,34-32-,37-36-,40-39-. The molecule has 2 atom stereocenters. The van der Waals surface area contributed by atoms with Gasteiger partial charge in [0.15, 0.2) is 6.10 Å². The summed E-state index contributed by atoms with van der Waals surface area (Å²) in [4.78, 5) is 37.7. The molecule has 0 aliphatic carbocycles. The lowest BCUT2D eigenvalue weighted by Gasteiger charge is -2.25. The highest BCUT2D eigenvalue weighted by Gasteiger charge is 2.25. The second-order valence-corrected chi connectivity index (χ2v) is 27.6. The number of hydrogen-bond acceptors (Lipinski definition) is 7. The van der Waals surface area contributed by atoms with E-state index >= 15 is 0 Å². The lowest BCUT2D eigenvalue weighted by atomic mass is 10.0. The zero-order valence-corrected chi connectivity index (χ0v) is 61.7. The molecule has 0 aromatic carbocycles. The molecule has 0 heterocycles. The maximum Gasteiger partial charge on any atom is 0.361 e. The van der Waals surface area contributed by atoms with E-state index < -0.39 is 18.4 Å². The predicted octanol–water partition coefficient (Wildman–Crippen LogP) is 25.1. The van der Waals surface area contributed by atoms with Gasteiger partial charge in [0.05, 0.1) is 34.4 Å². The predicted molar refractivity (Wildman–Crippen MR) is 401 cm³/mol. The summed E-state index contributed by atoms with van der Waals surface area (Å²) in [6, 6.07) is 0. The maximum atomic E-state index is 13.0. The van der Waals surface area contributed by atoms with Crippen molar-refractivity contribution in [2.45, 2.75) is 373 Å². The molecule has 0 bridgehead atoms. The zero-order valence-electron chi connectivity index (χ0n) is 61.7. The van der Waals surface area contributed by atoms with E-state index in [1.165, 1.54) is 250 Å². The van der Waals surface area contributed by atoms with E-state index in [4.69, 9.17) is 18.9 Å². The first-order valence-electron chi connectivity index (χ1n) is 39.4. The Morgan fingerprint density at radius 2 is 0.613 bits per heavy atom. The molecule has 0 spiro atoms. The molecule has 1 N–H and O–H groups in total. The summed E-state index contributed by atoms with van der Waals surface area (Å²) >= 11 is 0. The number of carbonyl (C=O) groups is 3. The molecule has 0 radical (unpaired) electrons. The third kappa shape index (κ3) is 75.5. The van der Waals surface area contributed by atoms with Crippen LogP contribution in [0.2, 0.25) is 0 Å². The van der Waals surface area contributed by atoms with Crippen molar-refractivity contribution in [1.82, 2.24) is 0 Å². The molecular weight excluding hydrogens is 1150 g/mol. The summed E-state index contributed by atoms with van der Waals surface area (Å²) in [5, 5.41) is 9.77. The fourth-order valence-electron chi connectivity index (χ4n) is 11.3. The number of aliphatic carboxylic acids is 1. The molecule has 0 aliphatic rings. The van der Waals surface area contributed by atoms with Crippen LogP contribution in [0.25, 0.3) is 0 Å². The van der Waals surface area contributed by atoms with Crippen LogP contribution in [0.1, 0.15) is 361 Å². The molecule has 0 saturated carbocycles. The smallest absolute Gasteiger partial charge is 0.361 e. The van der Waals surface area contributed by atoms with Gasteiger partial charge in [-0.3, -0.25) is 9.59 Å². The molecule has 0 aromatic rings. The number of quaternary nitrogens is 1. The van der Waals surface area contributed by atoms with Crippen LogP contribution in [0, 0.1) is 0 Å². The second kappa shape index (κ2) is 74.0. The number of allylic oxidation sites excluding steroid dienone is 16. The SMILES string of the molecule is CC/C=C\C/C=C\C/C=C\C/C=C\C/C=C\C/C=C\C/C=C\CCCCCCCCCCCCCCCCCCCCCC(=O)OC(COC(=O)CCCCCCCCCCCCCCCCC/C=C\CCCCCCCCCC)COC(OCC[N+](C)(C)C)C(=O)O. The van der Waals surface area contributed by atoms with Gasteiger partial charge in [-0.05, 0) is 96.3 Å². The Morgan fingerprint density at radius 3 is 0.925 bits per heavy atom. The van der Waals surface area contributed by atoms with Gasteiger partial charge >= 0.3 is 17.9 Å². The average molecular weight is 1300 g/mol.